The molecule has 1 aromatic carbocycles. The molecule has 1 saturated carbocycles. The zero-order valence-electron chi connectivity index (χ0n) is 10.4. The van der Waals surface area contributed by atoms with E-state index in [0.29, 0.717) is 6.04 Å². The van der Waals surface area contributed by atoms with Crippen LogP contribution in [0.25, 0.3) is 0 Å². The summed E-state index contributed by atoms with van der Waals surface area (Å²) < 4.78 is 0. The van der Waals surface area contributed by atoms with E-state index < -0.39 is 0 Å². The molecule has 92 valence electrons. The molecule has 2 fully saturated rings. The Labute approximate surface area is 104 Å². The Bertz CT molecular complexity index is 339. The summed E-state index contributed by atoms with van der Waals surface area (Å²) in [5.74, 6) is 0.860. The third-order valence-electron chi connectivity index (χ3n) is 3.93. The predicted molar refractivity (Wildman–Crippen MR) is 70.5 cm³/mol. The van der Waals surface area contributed by atoms with E-state index in [1.807, 2.05) is 0 Å². The monoisotopic (exact) mass is 230 g/mol. The number of hydrazine groups is 1. The number of benzene rings is 1. The molecule has 1 heterocycles. The summed E-state index contributed by atoms with van der Waals surface area (Å²) in [6.07, 6.45) is 6.87. The van der Waals surface area contributed by atoms with Crippen molar-refractivity contribution in [3.05, 3.63) is 35.9 Å². The largest absolute Gasteiger partial charge is 0.247 e. The van der Waals surface area contributed by atoms with Crippen molar-refractivity contribution in [2.24, 2.45) is 5.92 Å². The van der Waals surface area contributed by atoms with Crippen molar-refractivity contribution < 1.29 is 0 Å². The molecule has 1 aliphatic heterocycles. The standard InChI is InChI=1S/C15H22N2/c1-3-7-13(8-4-1)15(14-9-10-14)16-17-11-5-2-6-12-17/h1,3-4,7-8,14-16H,2,5-6,9-12H2. The molecule has 0 radical (unpaired) electrons. The number of rotatable bonds is 4. The Hall–Kier alpha value is -0.860. The zero-order valence-corrected chi connectivity index (χ0v) is 10.4. The highest BCUT2D eigenvalue weighted by molar-refractivity contribution is 5.20. The highest BCUT2D eigenvalue weighted by Crippen LogP contribution is 2.41. The van der Waals surface area contributed by atoms with Gasteiger partial charge in [-0.2, -0.15) is 0 Å². The summed E-state index contributed by atoms with van der Waals surface area (Å²) >= 11 is 0. The number of nitrogens with zero attached hydrogens (tertiary/aromatic N) is 1. The van der Waals surface area contributed by atoms with Crippen LogP contribution in [0.5, 0.6) is 0 Å². The fourth-order valence-corrected chi connectivity index (χ4v) is 2.76. The van der Waals surface area contributed by atoms with Crippen LogP contribution in [0.4, 0.5) is 0 Å². The van der Waals surface area contributed by atoms with Gasteiger partial charge < -0.3 is 0 Å². The minimum Gasteiger partial charge on any atom is -0.247 e. The first-order chi connectivity index (χ1) is 8.43. The lowest BCUT2D eigenvalue weighted by Crippen LogP contribution is -2.44. The van der Waals surface area contributed by atoms with Crippen LogP contribution in [0.1, 0.15) is 43.7 Å². The average Bonchev–Trinajstić information content (AvgIpc) is 3.23. The van der Waals surface area contributed by atoms with Crippen LogP contribution in [0.3, 0.4) is 0 Å². The van der Waals surface area contributed by atoms with Gasteiger partial charge in [0.15, 0.2) is 0 Å². The van der Waals surface area contributed by atoms with Crippen LogP contribution in [0.15, 0.2) is 30.3 Å². The summed E-state index contributed by atoms with van der Waals surface area (Å²) in [4.78, 5) is 0. The molecule has 1 atom stereocenters. The van der Waals surface area contributed by atoms with Crippen molar-refractivity contribution in [2.75, 3.05) is 13.1 Å². The third kappa shape index (κ3) is 2.88. The van der Waals surface area contributed by atoms with Crippen molar-refractivity contribution in [3.63, 3.8) is 0 Å². The second-order valence-corrected chi connectivity index (χ2v) is 5.40. The molecule has 1 aliphatic carbocycles. The molecule has 3 rings (SSSR count). The summed E-state index contributed by atoms with van der Waals surface area (Å²) in [7, 11) is 0. The van der Waals surface area contributed by atoms with Gasteiger partial charge >= 0.3 is 0 Å². The first-order valence-corrected chi connectivity index (χ1v) is 6.99. The van der Waals surface area contributed by atoms with Crippen molar-refractivity contribution in [1.82, 2.24) is 10.4 Å². The maximum Gasteiger partial charge on any atom is 0.0492 e. The lowest BCUT2D eigenvalue weighted by molar-refractivity contribution is 0.121. The molecule has 2 heteroatoms. The van der Waals surface area contributed by atoms with E-state index in [1.165, 1.54) is 50.8 Å². The van der Waals surface area contributed by atoms with E-state index in [-0.39, 0.29) is 0 Å². The molecule has 0 spiro atoms. The highest BCUT2D eigenvalue weighted by atomic mass is 15.5. The van der Waals surface area contributed by atoms with E-state index in [9.17, 15) is 0 Å². The van der Waals surface area contributed by atoms with Crippen LogP contribution >= 0.6 is 0 Å². The van der Waals surface area contributed by atoms with Crippen molar-refractivity contribution in [1.29, 1.82) is 0 Å². The molecule has 0 amide bonds. The molecular weight excluding hydrogens is 208 g/mol. The van der Waals surface area contributed by atoms with E-state index >= 15 is 0 Å². The van der Waals surface area contributed by atoms with Gasteiger partial charge in [-0.15, -0.1) is 0 Å². The van der Waals surface area contributed by atoms with Gasteiger partial charge in [-0.3, -0.25) is 0 Å². The molecule has 17 heavy (non-hydrogen) atoms. The molecule has 2 nitrogen and oxygen atoms in total. The predicted octanol–water partition coefficient (Wildman–Crippen LogP) is 3.13. The SMILES string of the molecule is c1ccc(C(NN2CCCCC2)C2CC2)cc1. The molecule has 0 bridgehead atoms. The Morgan fingerprint density at radius 2 is 1.71 bits per heavy atom. The highest BCUT2D eigenvalue weighted by Gasteiger charge is 2.33. The van der Waals surface area contributed by atoms with Gasteiger partial charge in [-0.25, -0.2) is 10.4 Å². The lowest BCUT2D eigenvalue weighted by atomic mass is 10.0. The fraction of sp³-hybridized carbons (Fsp3) is 0.600. The van der Waals surface area contributed by atoms with Crippen molar-refractivity contribution in [3.8, 4) is 0 Å². The van der Waals surface area contributed by atoms with Gasteiger partial charge in [0.25, 0.3) is 0 Å². The van der Waals surface area contributed by atoms with E-state index in [2.05, 4.69) is 40.8 Å². The number of hydrogen-bond donors (Lipinski definition) is 1. The molecular formula is C15H22N2. The second-order valence-electron chi connectivity index (χ2n) is 5.40. The van der Waals surface area contributed by atoms with Gasteiger partial charge in [0.1, 0.15) is 0 Å². The zero-order chi connectivity index (χ0) is 11.5. The summed E-state index contributed by atoms with van der Waals surface area (Å²) in [6, 6.07) is 11.5. The molecule has 1 aromatic rings. The normalized spacial score (nSPS) is 23.5. The quantitative estimate of drug-likeness (QED) is 0.855. The molecule has 1 saturated heterocycles. The lowest BCUT2D eigenvalue weighted by Gasteiger charge is -2.32. The third-order valence-corrected chi connectivity index (χ3v) is 3.93. The van der Waals surface area contributed by atoms with E-state index in [0.717, 1.165) is 5.92 Å². The molecule has 2 aliphatic rings. The smallest absolute Gasteiger partial charge is 0.0492 e. The topological polar surface area (TPSA) is 15.3 Å². The maximum absolute atomic E-state index is 3.77. The van der Waals surface area contributed by atoms with Gasteiger partial charge in [-0.1, -0.05) is 36.8 Å². The molecule has 0 aromatic heterocycles. The number of nitrogens with one attached hydrogen (secondary N) is 1. The van der Waals surface area contributed by atoms with Gasteiger partial charge in [-0.05, 0) is 37.2 Å². The van der Waals surface area contributed by atoms with Crippen LogP contribution in [-0.4, -0.2) is 18.1 Å². The van der Waals surface area contributed by atoms with Gasteiger partial charge in [0.2, 0.25) is 0 Å². The number of hydrogen-bond acceptors (Lipinski definition) is 2. The average molecular weight is 230 g/mol. The van der Waals surface area contributed by atoms with Gasteiger partial charge in [0, 0.05) is 19.1 Å². The van der Waals surface area contributed by atoms with Gasteiger partial charge in [0.05, 0.1) is 0 Å². The van der Waals surface area contributed by atoms with Crippen LogP contribution in [-0.2, 0) is 0 Å². The summed E-state index contributed by atoms with van der Waals surface area (Å²) in [5, 5.41) is 2.44. The van der Waals surface area contributed by atoms with E-state index in [1.54, 1.807) is 0 Å². The second kappa shape index (κ2) is 5.19. The summed E-state index contributed by atoms with van der Waals surface area (Å²) in [5.41, 5.74) is 5.23. The Morgan fingerprint density at radius 1 is 1.00 bits per heavy atom. The van der Waals surface area contributed by atoms with Crippen LogP contribution in [0, 0.1) is 5.92 Å². The van der Waals surface area contributed by atoms with Crippen LogP contribution < -0.4 is 5.43 Å². The Balaban J connectivity index is 1.67. The number of piperidine rings is 1. The minimum atomic E-state index is 0.550. The van der Waals surface area contributed by atoms with E-state index in [4.69, 9.17) is 0 Å². The first kappa shape index (κ1) is 11.2. The molecule has 1 N–H and O–H groups in total. The van der Waals surface area contributed by atoms with Crippen molar-refractivity contribution in [2.45, 2.75) is 38.1 Å². The fourth-order valence-electron chi connectivity index (χ4n) is 2.76. The van der Waals surface area contributed by atoms with Crippen LogP contribution in [0.2, 0.25) is 0 Å². The first-order valence-electron chi connectivity index (χ1n) is 6.99. The summed E-state index contributed by atoms with van der Waals surface area (Å²) in [6.45, 7) is 2.44. The minimum absolute atomic E-state index is 0.550. The molecule has 1 unspecified atom stereocenters. The Kier molecular flexibility index (Phi) is 3.44. The Morgan fingerprint density at radius 3 is 2.35 bits per heavy atom. The van der Waals surface area contributed by atoms with Crippen molar-refractivity contribution >= 4 is 0 Å². The maximum atomic E-state index is 3.77.